The molecular formula is C9H15N5. The van der Waals surface area contributed by atoms with Crippen LogP contribution in [0.1, 0.15) is 6.42 Å². The zero-order chi connectivity index (χ0) is 9.97. The van der Waals surface area contributed by atoms with Gasteiger partial charge in [0.2, 0.25) is 0 Å². The first-order valence-electron chi connectivity index (χ1n) is 4.74. The molecule has 14 heavy (non-hydrogen) atoms. The first-order chi connectivity index (χ1) is 6.81. The summed E-state index contributed by atoms with van der Waals surface area (Å²) in [5, 5.41) is 15.5. The van der Waals surface area contributed by atoms with Gasteiger partial charge in [0, 0.05) is 25.9 Å². The van der Waals surface area contributed by atoms with Gasteiger partial charge in [0.25, 0.3) is 0 Å². The predicted molar refractivity (Wildman–Crippen MR) is 57.0 cm³/mol. The zero-order valence-electron chi connectivity index (χ0n) is 8.30. The largest absolute Gasteiger partial charge is 0.369 e. The van der Waals surface area contributed by atoms with Crippen molar-refractivity contribution in [2.45, 2.75) is 18.5 Å². The maximum atomic E-state index is 4.28. The Morgan fingerprint density at radius 3 is 3.21 bits per heavy atom. The fourth-order valence-corrected chi connectivity index (χ4v) is 1.78. The topological polar surface area (TPSA) is 43.2 Å². The molecule has 2 heterocycles. The number of nitrogens with one attached hydrogen (secondary N) is 1. The summed E-state index contributed by atoms with van der Waals surface area (Å²) in [5.74, 6) is 0. The van der Waals surface area contributed by atoms with Crippen molar-refractivity contribution in [2.75, 3.05) is 13.6 Å². The fourth-order valence-electron chi connectivity index (χ4n) is 1.78. The molecule has 5 heteroatoms. The van der Waals surface area contributed by atoms with Gasteiger partial charge in [-0.1, -0.05) is 6.58 Å². The molecule has 0 fully saturated rings. The molecule has 2 aliphatic heterocycles. The number of rotatable bonds is 1. The van der Waals surface area contributed by atoms with E-state index in [0.717, 1.165) is 13.0 Å². The van der Waals surface area contributed by atoms with Crippen LogP contribution in [0.25, 0.3) is 0 Å². The third-order valence-corrected chi connectivity index (χ3v) is 2.65. The first kappa shape index (κ1) is 9.05. The molecule has 2 atom stereocenters. The molecule has 0 aromatic rings. The van der Waals surface area contributed by atoms with Gasteiger partial charge in [-0.05, 0) is 0 Å². The van der Waals surface area contributed by atoms with Crippen LogP contribution in [0, 0.1) is 0 Å². The molecule has 2 unspecified atom stereocenters. The lowest BCUT2D eigenvalue weighted by Crippen LogP contribution is -2.51. The van der Waals surface area contributed by atoms with Crippen molar-refractivity contribution in [3.8, 4) is 0 Å². The van der Waals surface area contributed by atoms with E-state index in [1.807, 2.05) is 23.3 Å². The highest BCUT2D eigenvalue weighted by Gasteiger charge is 2.29. The molecule has 76 valence electrons. The minimum Gasteiger partial charge on any atom is -0.369 e. The van der Waals surface area contributed by atoms with Gasteiger partial charge in [-0.25, -0.2) is 0 Å². The Balaban J connectivity index is 2.14. The van der Waals surface area contributed by atoms with Crippen molar-refractivity contribution in [3.63, 3.8) is 0 Å². The quantitative estimate of drug-likeness (QED) is 0.639. The number of likely N-dealkylation sites (N-methyl/N-ethyl adjacent to an activating group) is 1. The van der Waals surface area contributed by atoms with E-state index in [1.54, 1.807) is 12.5 Å². The molecule has 1 N–H and O–H groups in total. The van der Waals surface area contributed by atoms with Crippen molar-refractivity contribution in [1.82, 2.24) is 15.3 Å². The van der Waals surface area contributed by atoms with Gasteiger partial charge < -0.3 is 5.32 Å². The lowest BCUT2D eigenvalue weighted by molar-refractivity contribution is 0.167. The molecule has 0 saturated carbocycles. The second-order valence-electron chi connectivity index (χ2n) is 3.50. The van der Waals surface area contributed by atoms with Gasteiger partial charge in [0.15, 0.2) is 0 Å². The van der Waals surface area contributed by atoms with Crippen molar-refractivity contribution in [1.29, 1.82) is 0 Å². The molecule has 0 saturated heterocycles. The summed E-state index contributed by atoms with van der Waals surface area (Å²) in [6.07, 6.45) is 6.35. The van der Waals surface area contributed by atoms with Crippen LogP contribution in [0.5, 0.6) is 0 Å². The number of hydrogen-bond donors (Lipinski definition) is 1. The first-order valence-corrected chi connectivity index (χ1v) is 4.74. The molecule has 0 spiro atoms. The Kier molecular flexibility index (Phi) is 2.39. The highest BCUT2D eigenvalue weighted by Crippen LogP contribution is 2.14. The van der Waals surface area contributed by atoms with Crippen LogP contribution in [0.3, 0.4) is 0 Å². The average Bonchev–Trinajstić information content (AvgIpc) is 2.40. The molecule has 2 aliphatic rings. The molecule has 0 aromatic carbocycles. The maximum absolute atomic E-state index is 4.28. The SMILES string of the molecule is C=CN1CC2C(CC=NN2C)NC=N1. The summed E-state index contributed by atoms with van der Waals surface area (Å²) in [6, 6.07) is 0.742. The van der Waals surface area contributed by atoms with Crippen LogP contribution in [0.15, 0.2) is 23.0 Å². The average molecular weight is 193 g/mol. The second kappa shape index (κ2) is 3.69. The summed E-state index contributed by atoms with van der Waals surface area (Å²) in [4.78, 5) is 0. The predicted octanol–water partition coefficient (Wildman–Crippen LogP) is 0.0369. The molecule has 0 aromatic heterocycles. The summed E-state index contributed by atoms with van der Waals surface area (Å²) in [5.41, 5.74) is 0. The fraction of sp³-hybridized carbons (Fsp3) is 0.556. The van der Waals surface area contributed by atoms with Crippen LogP contribution < -0.4 is 5.32 Å². The highest BCUT2D eigenvalue weighted by molar-refractivity contribution is 5.62. The Labute approximate surface area is 83.8 Å². The third kappa shape index (κ3) is 1.57. The van der Waals surface area contributed by atoms with Crippen molar-refractivity contribution >= 4 is 12.6 Å². The molecule has 2 rings (SSSR count). The van der Waals surface area contributed by atoms with E-state index in [2.05, 4.69) is 22.1 Å². The van der Waals surface area contributed by atoms with Gasteiger partial charge in [0.1, 0.15) is 6.34 Å². The van der Waals surface area contributed by atoms with Crippen LogP contribution in [0.2, 0.25) is 0 Å². The minimum atomic E-state index is 0.348. The molecule has 0 aliphatic carbocycles. The third-order valence-electron chi connectivity index (χ3n) is 2.65. The van der Waals surface area contributed by atoms with Gasteiger partial charge in [0.05, 0.1) is 18.6 Å². The van der Waals surface area contributed by atoms with Gasteiger partial charge >= 0.3 is 0 Å². The van der Waals surface area contributed by atoms with E-state index in [9.17, 15) is 0 Å². The monoisotopic (exact) mass is 193 g/mol. The van der Waals surface area contributed by atoms with Crippen molar-refractivity contribution < 1.29 is 0 Å². The Hall–Kier alpha value is -1.52. The Morgan fingerprint density at radius 2 is 2.43 bits per heavy atom. The lowest BCUT2D eigenvalue weighted by atomic mass is 10.0. The molecule has 5 nitrogen and oxygen atoms in total. The van der Waals surface area contributed by atoms with E-state index in [1.165, 1.54) is 0 Å². The van der Waals surface area contributed by atoms with Crippen LogP contribution in [-0.4, -0.2) is 48.2 Å². The van der Waals surface area contributed by atoms with Crippen LogP contribution >= 0.6 is 0 Å². The van der Waals surface area contributed by atoms with E-state index in [-0.39, 0.29) is 0 Å². The number of nitrogens with zero attached hydrogens (tertiary/aromatic N) is 4. The molecule has 0 bridgehead atoms. The normalized spacial score (nSPS) is 30.6. The standard InChI is InChI=1S/C9H15N5/c1-3-14-6-9-8(10-7-12-14)4-5-11-13(9)2/h3,5,7-9H,1,4,6H2,2H3,(H,10,12). The van der Waals surface area contributed by atoms with Crippen molar-refractivity contribution in [2.24, 2.45) is 10.2 Å². The highest BCUT2D eigenvalue weighted by atomic mass is 15.5. The Bertz CT molecular complexity index is 272. The summed E-state index contributed by atoms with van der Waals surface area (Å²) < 4.78 is 0. The van der Waals surface area contributed by atoms with E-state index in [0.29, 0.717) is 12.1 Å². The maximum Gasteiger partial charge on any atom is 0.109 e. The zero-order valence-corrected chi connectivity index (χ0v) is 8.30. The number of fused-ring (bicyclic) bond motifs is 1. The smallest absolute Gasteiger partial charge is 0.109 e. The van der Waals surface area contributed by atoms with Crippen molar-refractivity contribution in [3.05, 3.63) is 12.8 Å². The van der Waals surface area contributed by atoms with Crippen LogP contribution in [0.4, 0.5) is 0 Å². The van der Waals surface area contributed by atoms with Gasteiger partial charge in [-0.3, -0.25) is 10.0 Å². The van der Waals surface area contributed by atoms with Gasteiger partial charge in [-0.15, -0.1) is 0 Å². The van der Waals surface area contributed by atoms with Gasteiger partial charge in [-0.2, -0.15) is 10.2 Å². The molecule has 0 radical (unpaired) electrons. The molecular weight excluding hydrogens is 178 g/mol. The number of hydrogen-bond acceptors (Lipinski definition) is 5. The molecule has 0 amide bonds. The summed E-state index contributed by atoms with van der Waals surface area (Å²) in [7, 11) is 1.99. The minimum absolute atomic E-state index is 0.348. The summed E-state index contributed by atoms with van der Waals surface area (Å²) >= 11 is 0. The number of hydrazone groups is 2. The van der Waals surface area contributed by atoms with E-state index in [4.69, 9.17) is 0 Å². The summed E-state index contributed by atoms with van der Waals surface area (Å²) in [6.45, 7) is 4.54. The van der Waals surface area contributed by atoms with Crippen LogP contribution in [-0.2, 0) is 0 Å². The van der Waals surface area contributed by atoms with E-state index >= 15 is 0 Å². The van der Waals surface area contributed by atoms with E-state index < -0.39 is 0 Å². The Morgan fingerprint density at radius 1 is 1.57 bits per heavy atom. The lowest BCUT2D eigenvalue weighted by Gasteiger charge is -2.35. The second-order valence-corrected chi connectivity index (χ2v) is 3.50.